The van der Waals surface area contributed by atoms with Crippen LogP contribution in [0.1, 0.15) is 0 Å². The van der Waals surface area contributed by atoms with Crippen molar-refractivity contribution in [3.63, 3.8) is 0 Å². The molecule has 0 N–H and O–H groups in total. The quantitative estimate of drug-likeness (QED) is 0.204. The molecule has 0 atom stereocenters. The molecule has 0 radical (unpaired) electrons. The van der Waals surface area contributed by atoms with Crippen LogP contribution in [0.15, 0.2) is 134 Å². The highest BCUT2D eigenvalue weighted by molar-refractivity contribution is 7.26. The average molecular weight is 595 g/mol. The van der Waals surface area contributed by atoms with Gasteiger partial charge in [0.25, 0.3) is 0 Å². The minimum atomic E-state index is 0.653. The Labute approximate surface area is 260 Å². The van der Waals surface area contributed by atoms with Crippen LogP contribution in [0.3, 0.4) is 0 Å². The second-order valence-electron chi connectivity index (χ2n) is 11.2. The normalized spacial score (nSPS) is 12.0. The van der Waals surface area contributed by atoms with Crippen molar-refractivity contribution in [1.29, 1.82) is 0 Å². The molecule has 5 aromatic heterocycles. The Morgan fingerprint density at radius 3 is 1.89 bits per heavy atom. The highest BCUT2D eigenvalue weighted by Gasteiger charge is 2.19. The Morgan fingerprint density at radius 1 is 0.511 bits per heavy atom. The second-order valence-corrected chi connectivity index (χ2v) is 12.2. The molecule has 0 aliphatic heterocycles. The van der Waals surface area contributed by atoms with Crippen LogP contribution in [-0.2, 0) is 0 Å². The fourth-order valence-electron chi connectivity index (χ4n) is 6.79. The first-order valence-electron chi connectivity index (χ1n) is 14.8. The van der Waals surface area contributed by atoms with Gasteiger partial charge in [-0.2, -0.15) is 0 Å². The number of para-hydroxylation sites is 3. The summed E-state index contributed by atoms with van der Waals surface area (Å²) in [7, 11) is 0. The predicted octanol–water partition coefficient (Wildman–Crippen LogP) is 9.50. The summed E-state index contributed by atoms with van der Waals surface area (Å²) >= 11 is 1.74. The van der Waals surface area contributed by atoms with Crippen molar-refractivity contribution in [2.45, 2.75) is 0 Å². The summed E-state index contributed by atoms with van der Waals surface area (Å²) in [6.07, 6.45) is 3.54. The number of aromatic nitrogens is 6. The van der Waals surface area contributed by atoms with E-state index in [9.17, 15) is 0 Å². The van der Waals surface area contributed by atoms with E-state index in [2.05, 4.69) is 124 Å². The summed E-state index contributed by atoms with van der Waals surface area (Å²) in [5.41, 5.74) is 7.27. The molecule has 0 amide bonds. The van der Waals surface area contributed by atoms with Gasteiger partial charge in [0.05, 0.1) is 38.0 Å². The van der Waals surface area contributed by atoms with Crippen LogP contribution in [0.25, 0.3) is 86.9 Å². The van der Waals surface area contributed by atoms with Gasteiger partial charge in [-0.15, -0.1) is 11.3 Å². The maximum Gasteiger partial charge on any atom is 0.235 e. The molecule has 0 spiro atoms. The SMILES string of the molecule is c1ccc2c(c1)sc1c(-n3c4ccccc4c4cc(-c5ccnc(-n6c7ccccc7c7ccccc76)n5)ccc43)ncnc12. The van der Waals surface area contributed by atoms with E-state index in [1.165, 1.54) is 20.9 Å². The molecule has 5 aromatic carbocycles. The van der Waals surface area contributed by atoms with Crippen LogP contribution in [-0.4, -0.2) is 29.1 Å². The van der Waals surface area contributed by atoms with Crippen molar-refractivity contribution in [2.75, 3.05) is 0 Å². The topological polar surface area (TPSA) is 61.4 Å². The Bertz CT molecular complexity index is 2730. The van der Waals surface area contributed by atoms with Gasteiger partial charge in [0.1, 0.15) is 6.33 Å². The zero-order valence-electron chi connectivity index (χ0n) is 23.8. The lowest BCUT2D eigenvalue weighted by Crippen LogP contribution is -2.01. The van der Waals surface area contributed by atoms with Gasteiger partial charge in [-0.25, -0.2) is 19.9 Å². The molecule has 10 rings (SSSR count). The number of hydrogen-bond donors (Lipinski definition) is 0. The number of fused-ring (bicyclic) bond motifs is 9. The van der Waals surface area contributed by atoms with E-state index in [4.69, 9.17) is 19.9 Å². The zero-order valence-corrected chi connectivity index (χ0v) is 24.6. The first-order chi connectivity index (χ1) is 22.3. The molecular formula is C38H22N6S. The third kappa shape index (κ3) is 3.50. The zero-order chi connectivity index (χ0) is 29.5. The molecule has 0 fully saturated rings. The monoisotopic (exact) mass is 594 g/mol. The van der Waals surface area contributed by atoms with Gasteiger partial charge in [0, 0.05) is 43.4 Å². The summed E-state index contributed by atoms with van der Waals surface area (Å²) in [6, 6.07) is 42.4. The average Bonchev–Trinajstić information content (AvgIpc) is 3.76. The van der Waals surface area contributed by atoms with E-state index in [0.717, 1.165) is 60.1 Å². The lowest BCUT2D eigenvalue weighted by molar-refractivity contribution is 0.992. The Morgan fingerprint density at radius 2 is 1.13 bits per heavy atom. The van der Waals surface area contributed by atoms with Gasteiger partial charge in [-0.05, 0) is 42.5 Å². The third-order valence-electron chi connectivity index (χ3n) is 8.74. The van der Waals surface area contributed by atoms with E-state index in [1.807, 2.05) is 12.3 Å². The van der Waals surface area contributed by atoms with Crippen molar-refractivity contribution in [2.24, 2.45) is 0 Å². The number of hydrogen-bond acceptors (Lipinski definition) is 5. The molecule has 0 aliphatic rings. The molecular weight excluding hydrogens is 573 g/mol. The van der Waals surface area contributed by atoms with Crippen LogP contribution < -0.4 is 0 Å². The van der Waals surface area contributed by atoms with Crippen molar-refractivity contribution < 1.29 is 0 Å². The fourth-order valence-corrected chi connectivity index (χ4v) is 7.92. The molecule has 0 bridgehead atoms. The summed E-state index contributed by atoms with van der Waals surface area (Å²) in [4.78, 5) is 19.4. The van der Waals surface area contributed by atoms with Gasteiger partial charge >= 0.3 is 0 Å². The van der Waals surface area contributed by atoms with E-state index in [0.29, 0.717) is 5.95 Å². The molecule has 7 heteroatoms. The molecule has 45 heavy (non-hydrogen) atoms. The number of nitrogens with zero attached hydrogens (tertiary/aromatic N) is 6. The van der Waals surface area contributed by atoms with Gasteiger partial charge in [-0.1, -0.05) is 78.9 Å². The van der Waals surface area contributed by atoms with E-state index < -0.39 is 0 Å². The summed E-state index contributed by atoms with van der Waals surface area (Å²) < 4.78 is 6.72. The number of benzene rings is 5. The maximum atomic E-state index is 5.13. The van der Waals surface area contributed by atoms with Gasteiger partial charge in [0.15, 0.2) is 5.82 Å². The van der Waals surface area contributed by atoms with Crippen LogP contribution in [0.2, 0.25) is 0 Å². The molecule has 0 saturated heterocycles. The van der Waals surface area contributed by atoms with Crippen molar-refractivity contribution in [3.8, 4) is 23.0 Å². The van der Waals surface area contributed by atoms with Crippen LogP contribution in [0, 0.1) is 0 Å². The first-order valence-corrected chi connectivity index (χ1v) is 15.6. The smallest absolute Gasteiger partial charge is 0.235 e. The highest BCUT2D eigenvalue weighted by atomic mass is 32.1. The van der Waals surface area contributed by atoms with Crippen LogP contribution in [0.4, 0.5) is 0 Å². The minimum absolute atomic E-state index is 0.653. The van der Waals surface area contributed by atoms with E-state index >= 15 is 0 Å². The first kappa shape index (κ1) is 24.5. The molecule has 10 aromatic rings. The van der Waals surface area contributed by atoms with Crippen molar-refractivity contribution in [3.05, 3.63) is 134 Å². The van der Waals surface area contributed by atoms with Gasteiger partial charge < -0.3 is 0 Å². The minimum Gasteiger partial charge on any atom is -0.292 e. The molecule has 5 heterocycles. The maximum absolute atomic E-state index is 5.13. The fraction of sp³-hybridized carbons (Fsp3) is 0. The third-order valence-corrected chi connectivity index (χ3v) is 9.90. The summed E-state index contributed by atoms with van der Waals surface area (Å²) in [5.74, 6) is 1.55. The van der Waals surface area contributed by atoms with Crippen molar-refractivity contribution in [1.82, 2.24) is 29.1 Å². The number of rotatable bonds is 3. The van der Waals surface area contributed by atoms with E-state index in [-0.39, 0.29) is 0 Å². The lowest BCUT2D eigenvalue weighted by atomic mass is 10.1. The molecule has 6 nitrogen and oxygen atoms in total. The van der Waals surface area contributed by atoms with E-state index in [1.54, 1.807) is 17.7 Å². The van der Waals surface area contributed by atoms with Crippen molar-refractivity contribution >= 4 is 75.3 Å². The molecule has 0 saturated carbocycles. The van der Waals surface area contributed by atoms with Crippen LogP contribution in [0.5, 0.6) is 0 Å². The number of thiophene rings is 1. The summed E-state index contributed by atoms with van der Waals surface area (Å²) in [5, 5.41) is 5.85. The Kier molecular flexibility index (Phi) is 5.06. The Hall–Kier alpha value is -5.92. The molecule has 0 unspecified atom stereocenters. The highest BCUT2D eigenvalue weighted by Crippen LogP contribution is 2.40. The van der Waals surface area contributed by atoms with Crippen LogP contribution >= 0.6 is 11.3 Å². The molecule has 0 aliphatic carbocycles. The summed E-state index contributed by atoms with van der Waals surface area (Å²) in [6.45, 7) is 0. The molecule has 210 valence electrons. The largest absolute Gasteiger partial charge is 0.292 e. The van der Waals surface area contributed by atoms with Gasteiger partial charge in [-0.3, -0.25) is 9.13 Å². The Balaban J connectivity index is 1.19. The predicted molar refractivity (Wildman–Crippen MR) is 185 cm³/mol. The van der Waals surface area contributed by atoms with Gasteiger partial charge in [0.2, 0.25) is 5.95 Å². The lowest BCUT2D eigenvalue weighted by Gasteiger charge is -2.09. The second kappa shape index (κ2) is 9.29. The standard InChI is InChI=1S/C38H22N6S/c1-6-14-31-24(9-1)25-10-2-7-15-32(25)44(31)38-39-20-19-29(42-38)23-17-18-33-28(21-23)26-11-3-5-13-30(26)43(33)37-36-35(40-22-41-37)27-12-4-8-16-34(27)45-36/h1-22H.